The van der Waals surface area contributed by atoms with Gasteiger partial charge in [-0.15, -0.1) is 0 Å². The third-order valence-corrected chi connectivity index (χ3v) is 5.32. The fourth-order valence-electron chi connectivity index (χ4n) is 3.69. The van der Waals surface area contributed by atoms with Gasteiger partial charge in [0.25, 0.3) is 0 Å². The summed E-state index contributed by atoms with van der Waals surface area (Å²) in [5.41, 5.74) is -1.66. The van der Waals surface area contributed by atoms with Crippen LogP contribution in [0.4, 0.5) is 0 Å². The normalized spacial score (nSPS) is 11.9. The fraction of sp³-hybridized carbons (Fsp3) is 0.333. The predicted octanol–water partition coefficient (Wildman–Crippen LogP) is 2.99. The molecule has 0 bridgehead atoms. The van der Waals surface area contributed by atoms with Crippen LogP contribution in [0.3, 0.4) is 0 Å². The molecule has 10 nitrogen and oxygen atoms in total. The molecule has 0 spiro atoms. The van der Waals surface area contributed by atoms with Gasteiger partial charge in [-0.25, -0.2) is 0 Å². The molecule has 2 aromatic carbocycles. The first-order valence-electron chi connectivity index (χ1n) is 11.5. The predicted molar refractivity (Wildman–Crippen MR) is 133 cm³/mol. The summed E-state index contributed by atoms with van der Waals surface area (Å²) in [6.07, 6.45) is 0. The number of benzene rings is 2. The lowest BCUT2D eigenvalue weighted by atomic mass is 9.66. The van der Waals surface area contributed by atoms with E-state index in [1.54, 1.807) is 60.7 Å². The second-order valence-corrected chi connectivity index (χ2v) is 7.72. The zero-order valence-corrected chi connectivity index (χ0v) is 20.4. The molecule has 192 valence electrons. The summed E-state index contributed by atoms with van der Waals surface area (Å²) < 4.78 is 10.4. The van der Waals surface area contributed by atoms with Gasteiger partial charge in [0.15, 0.2) is 0 Å². The van der Waals surface area contributed by atoms with Gasteiger partial charge < -0.3 is 9.47 Å². The Morgan fingerprint density at radius 2 is 1.11 bits per heavy atom. The summed E-state index contributed by atoms with van der Waals surface area (Å²) in [7, 11) is 0. The van der Waals surface area contributed by atoms with Gasteiger partial charge >= 0.3 is 11.9 Å². The molecule has 37 heavy (non-hydrogen) atoms. The Bertz CT molecular complexity index is 1130. The minimum atomic E-state index is -2.57. The van der Waals surface area contributed by atoms with Gasteiger partial charge in [0.2, 0.25) is 18.5 Å². The monoisotopic (exact) mass is 506 g/mol. The molecule has 0 saturated heterocycles. The summed E-state index contributed by atoms with van der Waals surface area (Å²) in [6, 6.07) is 16.8. The third-order valence-electron chi connectivity index (χ3n) is 5.32. The molecule has 0 aromatic heterocycles. The maximum absolute atomic E-state index is 13.5. The van der Waals surface area contributed by atoms with Crippen LogP contribution in [0, 0.1) is 61.2 Å². The number of hydrogen-bond donors (Lipinski definition) is 0. The highest BCUT2D eigenvalue weighted by Gasteiger charge is 2.63. The van der Waals surface area contributed by atoms with E-state index in [1.807, 2.05) is 0 Å². The van der Waals surface area contributed by atoms with E-state index in [2.05, 4.69) is 23.7 Å². The lowest BCUT2D eigenvalue weighted by Gasteiger charge is -2.34. The van der Waals surface area contributed by atoms with Crippen molar-refractivity contribution in [2.75, 3.05) is 26.3 Å². The lowest BCUT2D eigenvalue weighted by molar-refractivity contribution is -0.496. The van der Waals surface area contributed by atoms with Crippen molar-refractivity contribution in [2.24, 2.45) is 17.3 Å². The number of esters is 2. The van der Waals surface area contributed by atoms with Crippen molar-refractivity contribution in [1.82, 2.24) is 0 Å². The highest BCUT2D eigenvalue weighted by Crippen LogP contribution is 2.40. The van der Waals surface area contributed by atoms with Crippen molar-refractivity contribution in [1.29, 1.82) is 0 Å². The Morgan fingerprint density at radius 1 is 0.757 bits per heavy atom. The molecule has 0 aliphatic rings. The van der Waals surface area contributed by atoms with Crippen LogP contribution in [0.1, 0.15) is 25.0 Å². The molecule has 2 rings (SSSR count). The van der Waals surface area contributed by atoms with Crippen LogP contribution < -0.4 is 0 Å². The zero-order valence-electron chi connectivity index (χ0n) is 20.4. The third kappa shape index (κ3) is 7.64. The highest BCUT2D eigenvalue weighted by atomic mass is 16.6. The summed E-state index contributed by atoms with van der Waals surface area (Å²) in [5.74, 6) is 5.03. The van der Waals surface area contributed by atoms with E-state index in [9.17, 15) is 29.8 Å². The van der Waals surface area contributed by atoms with E-state index in [4.69, 9.17) is 9.47 Å². The van der Waals surface area contributed by atoms with Crippen molar-refractivity contribution in [3.05, 3.63) is 92.0 Å². The summed E-state index contributed by atoms with van der Waals surface area (Å²) in [6.45, 7) is 0.578. The first kappa shape index (κ1) is 28.5. The number of hydrogen-bond acceptors (Lipinski definition) is 8. The Morgan fingerprint density at radius 3 is 1.41 bits per heavy atom. The molecule has 0 fully saturated rings. The maximum atomic E-state index is 13.5. The minimum absolute atomic E-state index is 0.200. The van der Waals surface area contributed by atoms with Crippen LogP contribution in [0.2, 0.25) is 0 Å². The number of carbonyl (C=O) groups is 2. The maximum Gasteiger partial charge on any atom is 0.326 e. The summed E-state index contributed by atoms with van der Waals surface area (Å²) in [4.78, 5) is 49.0. The van der Waals surface area contributed by atoms with Crippen LogP contribution >= 0.6 is 0 Å². The second-order valence-electron chi connectivity index (χ2n) is 7.72. The second kappa shape index (κ2) is 14.0. The van der Waals surface area contributed by atoms with E-state index >= 15 is 0 Å². The SMILES string of the molecule is CCOC(=O)C(C(=O)OCC)(C(C#Cc1ccccc1)C[N+](=O)[O-])C(C#Cc1ccccc1)C[N+](=O)[O-]. The van der Waals surface area contributed by atoms with Crippen molar-refractivity contribution >= 4 is 11.9 Å². The Balaban J connectivity index is 2.88. The van der Waals surface area contributed by atoms with Crippen LogP contribution in [0.5, 0.6) is 0 Å². The molecule has 0 heterocycles. The van der Waals surface area contributed by atoms with Crippen LogP contribution in [0.25, 0.3) is 0 Å². The van der Waals surface area contributed by atoms with Gasteiger partial charge in [0.1, 0.15) is 11.8 Å². The van der Waals surface area contributed by atoms with Crippen LogP contribution in [-0.2, 0) is 19.1 Å². The quantitative estimate of drug-likeness (QED) is 0.158. The van der Waals surface area contributed by atoms with Gasteiger partial charge in [0.05, 0.1) is 13.2 Å². The molecule has 2 unspecified atom stereocenters. The number of rotatable bonds is 10. The molecule has 0 aliphatic carbocycles. The molecule has 2 atom stereocenters. The Kier molecular flexibility index (Phi) is 10.8. The lowest BCUT2D eigenvalue weighted by Crippen LogP contribution is -2.55. The zero-order chi connectivity index (χ0) is 27.3. The summed E-state index contributed by atoms with van der Waals surface area (Å²) in [5, 5.41) is 23.4. The smallest absolute Gasteiger partial charge is 0.326 e. The number of ether oxygens (including phenoxy) is 2. The van der Waals surface area contributed by atoms with Gasteiger partial charge in [-0.05, 0) is 38.1 Å². The van der Waals surface area contributed by atoms with Gasteiger partial charge in [-0.3, -0.25) is 29.8 Å². The molecule has 0 N–H and O–H groups in total. The number of nitro groups is 2. The molecular weight excluding hydrogens is 480 g/mol. The van der Waals surface area contributed by atoms with E-state index < -0.39 is 52.1 Å². The molecule has 0 amide bonds. The van der Waals surface area contributed by atoms with Crippen LogP contribution in [-0.4, -0.2) is 48.1 Å². The Hall–Kier alpha value is -4.70. The number of carbonyl (C=O) groups excluding carboxylic acids is 2. The van der Waals surface area contributed by atoms with Crippen molar-refractivity contribution in [3.63, 3.8) is 0 Å². The average Bonchev–Trinajstić information content (AvgIpc) is 2.87. The van der Waals surface area contributed by atoms with Crippen molar-refractivity contribution < 1.29 is 28.9 Å². The molecule has 0 radical (unpaired) electrons. The van der Waals surface area contributed by atoms with E-state index in [0.717, 1.165) is 0 Å². The average molecular weight is 507 g/mol. The van der Waals surface area contributed by atoms with Gasteiger partial charge in [-0.1, -0.05) is 60.1 Å². The first-order valence-corrected chi connectivity index (χ1v) is 11.5. The van der Waals surface area contributed by atoms with Gasteiger partial charge in [-0.2, -0.15) is 0 Å². The first-order chi connectivity index (χ1) is 17.7. The number of nitrogens with zero attached hydrogens (tertiary/aromatic N) is 2. The topological polar surface area (TPSA) is 139 Å². The Labute approximate surface area is 214 Å². The molecule has 10 heteroatoms. The summed E-state index contributed by atoms with van der Waals surface area (Å²) >= 11 is 0. The van der Waals surface area contributed by atoms with E-state index in [0.29, 0.717) is 11.1 Å². The van der Waals surface area contributed by atoms with Crippen molar-refractivity contribution in [3.8, 4) is 23.7 Å². The largest absolute Gasteiger partial charge is 0.465 e. The molecule has 0 aliphatic heterocycles. The fourth-order valence-corrected chi connectivity index (χ4v) is 3.69. The molecule has 0 saturated carbocycles. The minimum Gasteiger partial charge on any atom is -0.465 e. The highest BCUT2D eigenvalue weighted by molar-refractivity contribution is 6.02. The van der Waals surface area contributed by atoms with Crippen molar-refractivity contribution in [2.45, 2.75) is 13.8 Å². The molecule has 2 aromatic rings. The van der Waals surface area contributed by atoms with E-state index in [-0.39, 0.29) is 13.2 Å². The molecular formula is C27H26N2O8. The van der Waals surface area contributed by atoms with Gasteiger partial charge in [0, 0.05) is 21.0 Å². The standard InChI is InChI=1S/C27H26N2O8/c1-3-36-25(30)27(26(31)37-4-2,23(19-28(32)33)17-15-21-11-7-5-8-12-21)24(20-29(34)35)18-16-22-13-9-6-10-14-22/h5-14,23-24H,3-4,19-20H2,1-2H3. The van der Waals surface area contributed by atoms with E-state index in [1.165, 1.54) is 13.8 Å². The van der Waals surface area contributed by atoms with Crippen LogP contribution in [0.15, 0.2) is 60.7 Å².